The van der Waals surface area contributed by atoms with E-state index in [-0.39, 0.29) is 5.91 Å². The number of amides is 1. The topological polar surface area (TPSA) is 86.2 Å². The van der Waals surface area contributed by atoms with Gasteiger partial charge < -0.3 is 14.2 Å². The molecule has 0 spiro atoms. The number of nitrogens with zero attached hydrogens (tertiary/aromatic N) is 1. The lowest BCUT2D eigenvalue weighted by molar-refractivity contribution is -0.127. The minimum absolute atomic E-state index is 0.375. The van der Waals surface area contributed by atoms with Crippen LogP contribution in [0.4, 0.5) is 0 Å². The monoisotopic (exact) mass is 482 g/mol. The van der Waals surface area contributed by atoms with E-state index in [2.05, 4.69) is 10.5 Å². The van der Waals surface area contributed by atoms with E-state index in [1.165, 1.54) is 6.21 Å². The quantitative estimate of drug-likeness (QED) is 0.150. The molecule has 0 aliphatic rings. The van der Waals surface area contributed by atoms with Gasteiger partial charge in [-0.25, -0.2) is 10.2 Å². The Balaban J connectivity index is 1.27. The van der Waals surface area contributed by atoms with Crippen molar-refractivity contribution in [3.8, 4) is 17.2 Å². The van der Waals surface area contributed by atoms with Crippen molar-refractivity contribution in [3.63, 3.8) is 0 Å². The molecule has 4 rings (SSSR count). The first-order chi connectivity index (χ1) is 17.5. The van der Waals surface area contributed by atoms with E-state index < -0.39 is 12.1 Å². The third kappa shape index (κ3) is 6.48. The molecule has 0 saturated heterocycles. The van der Waals surface area contributed by atoms with Crippen molar-refractivity contribution in [2.75, 3.05) is 6.61 Å². The smallest absolute Gasteiger partial charge is 0.343 e. The molecule has 0 bridgehead atoms. The van der Waals surface area contributed by atoms with Gasteiger partial charge in [0.25, 0.3) is 5.91 Å². The highest BCUT2D eigenvalue weighted by Crippen LogP contribution is 2.21. The van der Waals surface area contributed by atoms with Crippen molar-refractivity contribution in [2.45, 2.75) is 20.0 Å². The van der Waals surface area contributed by atoms with E-state index >= 15 is 0 Å². The van der Waals surface area contributed by atoms with Crippen LogP contribution >= 0.6 is 0 Å². The fourth-order valence-electron chi connectivity index (χ4n) is 3.40. The Hall–Kier alpha value is -4.65. The number of hydrogen-bond acceptors (Lipinski definition) is 6. The molecule has 0 aliphatic carbocycles. The lowest BCUT2D eigenvalue weighted by Gasteiger charge is -2.13. The standard InChI is InChI=1S/C29H26N2O5/c1-3-34-25-15-11-23(12-16-25)29(33)36-26-13-8-21(9-14-26)19-30-31-28(32)20(2)35-27-17-10-22-6-4-5-7-24(22)18-27/h4-20H,3H2,1-2H3,(H,31,32)/b30-19-/t20-/m0/s1. The number of rotatable bonds is 9. The Labute approximate surface area is 209 Å². The zero-order chi connectivity index (χ0) is 25.3. The van der Waals surface area contributed by atoms with Gasteiger partial charge in [0.1, 0.15) is 17.2 Å². The molecule has 0 radical (unpaired) electrons. The first kappa shape index (κ1) is 24.5. The predicted molar refractivity (Wildman–Crippen MR) is 139 cm³/mol. The summed E-state index contributed by atoms with van der Waals surface area (Å²) in [7, 11) is 0. The van der Waals surface area contributed by atoms with Gasteiger partial charge in [-0.3, -0.25) is 4.79 Å². The normalized spacial score (nSPS) is 11.7. The SMILES string of the molecule is CCOc1ccc(C(=O)Oc2ccc(/C=N\NC(=O)[C@H](C)Oc3ccc4ccccc4c3)cc2)cc1. The Bertz CT molecular complexity index is 1360. The van der Waals surface area contributed by atoms with Crippen LogP contribution in [0, 0.1) is 0 Å². The third-order valence-corrected chi connectivity index (χ3v) is 5.28. The molecule has 7 nitrogen and oxygen atoms in total. The van der Waals surface area contributed by atoms with E-state index in [9.17, 15) is 9.59 Å². The second-order valence-corrected chi connectivity index (χ2v) is 7.92. The fraction of sp³-hybridized carbons (Fsp3) is 0.138. The van der Waals surface area contributed by atoms with Gasteiger partial charge in [-0.2, -0.15) is 5.10 Å². The summed E-state index contributed by atoms with van der Waals surface area (Å²) in [6.45, 7) is 4.11. The molecule has 1 amide bonds. The second kappa shape index (κ2) is 11.7. The molecule has 0 fully saturated rings. The Morgan fingerprint density at radius 3 is 2.25 bits per heavy atom. The van der Waals surface area contributed by atoms with Crippen molar-refractivity contribution in [1.29, 1.82) is 0 Å². The average molecular weight is 483 g/mol. The number of nitrogens with one attached hydrogen (secondary N) is 1. The number of carbonyl (C=O) groups excluding carboxylic acids is 2. The maximum absolute atomic E-state index is 12.4. The zero-order valence-corrected chi connectivity index (χ0v) is 20.0. The molecular weight excluding hydrogens is 456 g/mol. The highest BCUT2D eigenvalue weighted by atomic mass is 16.5. The second-order valence-electron chi connectivity index (χ2n) is 7.92. The molecule has 0 aliphatic heterocycles. The van der Waals surface area contributed by atoms with Gasteiger partial charge in [0.2, 0.25) is 0 Å². The molecule has 4 aromatic carbocycles. The number of hydrogen-bond donors (Lipinski definition) is 1. The first-order valence-corrected chi connectivity index (χ1v) is 11.6. The van der Waals surface area contributed by atoms with Crippen LogP contribution in [0.3, 0.4) is 0 Å². The summed E-state index contributed by atoms with van der Waals surface area (Å²) in [5.41, 5.74) is 3.62. The fourth-order valence-corrected chi connectivity index (χ4v) is 3.40. The number of ether oxygens (including phenoxy) is 3. The van der Waals surface area contributed by atoms with E-state index in [0.29, 0.717) is 29.4 Å². The van der Waals surface area contributed by atoms with Gasteiger partial charge in [0.15, 0.2) is 6.10 Å². The lowest BCUT2D eigenvalue weighted by atomic mass is 10.1. The summed E-state index contributed by atoms with van der Waals surface area (Å²) in [6.07, 6.45) is 0.770. The van der Waals surface area contributed by atoms with Gasteiger partial charge in [0.05, 0.1) is 18.4 Å². The minimum Gasteiger partial charge on any atom is -0.494 e. The Morgan fingerprint density at radius 2 is 1.53 bits per heavy atom. The van der Waals surface area contributed by atoms with E-state index in [4.69, 9.17) is 14.2 Å². The number of hydrazone groups is 1. The average Bonchev–Trinajstić information content (AvgIpc) is 2.90. The summed E-state index contributed by atoms with van der Waals surface area (Å²) in [4.78, 5) is 24.7. The summed E-state index contributed by atoms with van der Waals surface area (Å²) in [5, 5.41) is 6.13. The first-order valence-electron chi connectivity index (χ1n) is 11.6. The van der Waals surface area contributed by atoms with Crippen molar-refractivity contribution in [2.24, 2.45) is 5.10 Å². The lowest BCUT2D eigenvalue weighted by Crippen LogP contribution is -2.33. The molecule has 4 aromatic rings. The summed E-state index contributed by atoms with van der Waals surface area (Å²) in [5.74, 6) is 0.857. The van der Waals surface area contributed by atoms with Crippen LogP contribution in [0.25, 0.3) is 10.8 Å². The number of benzene rings is 4. The van der Waals surface area contributed by atoms with Crippen molar-refractivity contribution in [1.82, 2.24) is 5.43 Å². The molecular formula is C29H26N2O5. The highest BCUT2D eigenvalue weighted by Gasteiger charge is 2.14. The molecule has 1 N–H and O–H groups in total. The van der Waals surface area contributed by atoms with E-state index in [1.54, 1.807) is 55.5 Å². The maximum Gasteiger partial charge on any atom is 0.343 e. The third-order valence-electron chi connectivity index (χ3n) is 5.28. The van der Waals surface area contributed by atoms with Gasteiger partial charge in [-0.15, -0.1) is 0 Å². The molecule has 0 saturated carbocycles. The van der Waals surface area contributed by atoms with Crippen LogP contribution in [0.5, 0.6) is 17.2 Å². The van der Waals surface area contributed by atoms with Crippen molar-refractivity contribution in [3.05, 3.63) is 102 Å². The van der Waals surface area contributed by atoms with Crippen LogP contribution in [-0.2, 0) is 4.79 Å². The van der Waals surface area contributed by atoms with E-state index in [1.807, 2.05) is 49.4 Å². The Kier molecular flexibility index (Phi) is 7.93. The summed E-state index contributed by atoms with van der Waals surface area (Å²) < 4.78 is 16.5. The number of fused-ring (bicyclic) bond motifs is 1. The van der Waals surface area contributed by atoms with Gasteiger partial charge in [0, 0.05) is 0 Å². The molecule has 7 heteroatoms. The largest absolute Gasteiger partial charge is 0.494 e. The van der Waals surface area contributed by atoms with Crippen LogP contribution in [0.2, 0.25) is 0 Å². The predicted octanol–water partition coefficient (Wildman–Crippen LogP) is 5.38. The molecule has 0 heterocycles. The molecule has 182 valence electrons. The summed E-state index contributed by atoms with van der Waals surface area (Å²) in [6, 6.07) is 27.1. The van der Waals surface area contributed by atoms with Crippen LogP contribution < -0.4 is 19.6 Å². The van der Waals surface area contributed by atoms with Crippen LogP contribution in [0.1, 0.15) is 29.8 Å². The van der Waals surface area contributed by atoms with Gasteiger partial charge in [-0.1, -0.05) is 30.3 Å². The van der Waals surface area contributed by atoms with Gasteiger partial charge >= 0.3 is 5.97 Å². The molecule has 0 unspecified atom stereocenters. The minimum atomic E-state index is -0.729. The highest BCUT2D eigenvalue weighted by molar-refractivity contribution is 5.91. The number of carbonyl (C=O) groups is 2. The van der Waals surface area contributed by atoms with E-state index in [0.717, 1.165) is 16.3 Å². The van der Waals surface area contributed by atoms with Crippen molar-refractivity contribution >= 4 is 28.9 Å². The molecule has 36 heavy (non-hydrogen) atoms. The molecule has 0 aromatic heterocycles. The molecule has 1 atom stereocenters. The maximum atomic E-state index is 12.4. The zero-order valence-electron chi connectivity index (χ0n) is 20.0. The van der Waals surface area contributed by atoms with Crippen molar-refractivity contribution < 1.29 is 23.8 Å². The number of esters is 1. The van der Waals surface area contributed by atoms with Crippen LogP contribution in [0.15, 0.2) is 96.1 Å². The summed E-state index contributed by atoms with van der Waals surface area (Å²) >= 11 is 0. The Morgan fingerprint density at radius 1 is 0.861 bits per heavy atom. The van der Waals surface area contributed by atoms with Gasteiger partial charge in [-0.05, 0) is 90.8 Å². The van der Waals surface area contributed by atoms with Crippen LogP contribution in [-0.4, -0.2) is 30.8 Å².